The topological polar surface area (TPSA) is 95.9 Å². The average Bonchev–Trinajstić information content (AvgIpc) is 3.48. The van der Waals surface area contributed by atoms with E-state index in [1.54, 1.807) is 54.6 Å². The van der Waals surface area contributed by atoms with Crippen molar-refractivity contribution >= 4 is 29.2 Å². The lowest BCUT2D eigenvalue weighted by Gasteiger charge is -2.10. The number of esters is 1. The van der Waals surface area contributed by atoms with Crippen molar-refractivity contribution in [3.05, 3.63) is 119 Å². The van der Waals surface area contributed by atoms with E-state index in [0.29, 0.717) is 34.6 Å². The van der Waals surface area contributed by atoms with Crippen molar-refractivity contribution in [3.8, 4) is 23.1 Å². The fourth-order valence-corrected chi connectivity index (χ4v) is 3.75. The van der Waals surface area contributed by atoms with Gasteiger partial charge in [0.2, 0.25) is 5.82 Å². The standard InChI is InChI=1S/C30H23N3O5/c1-2-36-27-19-22(14-16-25(27)38-28(34)17-15-21-9-4-3-5-10-21)20-31-33-29(26-13-8-18-37-26)32-24-12-7-6-11-23(24)30(33)35/h3-20H,2H2,1H3/b17-15+,31-20?. The summed E-state index contributed by atoms with van der Waals surface area (Å²) in [6, 6.07) is 24.9. The van der Waals surface area contributed by atoms with Gasteiger partial charge in [0.15, 0.2) is 17.3 Å². The SMILES string of the molecule is CCOc1cc(C=Nn2c(-c3ccco3)nc3ccccc3c2=O)ccc1OC(=O)/C=C/c1ccccc1. The van der Waals surface area contributed by atoms with Gasteiger partial charge in [-0.3, -0.25) is 4.79 Å². The number of para-hydroxylation sites is 1. The molecule has 38 heavy (non-hydrogen) atoms. The number of aromatic nitrogens is 2. The zero-order valence-electron chi connectivity index (χ0n) is 20.5. The zero-order valence-corrected chi connectivity index (χ0v) is 20.5. The highest BCUT2D eigenvalue weighted by atomic mass is 16.6. The van der Waals surface area contributed by atoms with Crippen molar-refractivity contribution < 1.29 is 18.7 Å². The molecule has 0 atom stereocenters. The van der Waals surface area contributed by atoms with Gasteiger partial charge in [-0.15, -0.1) is 0 Å². The maximum absolute atomic E-state index is 13.3. The molecule has 0 saturated heterocycles. The predicted octanol–water partition coefficient (Wildman–Crippen LogP) is 5.56. The van der Waals surface area contributed by atoms with Gasteiger partial charge in [0.25, 0.3) is 5.56 Å². The van der Waals surface area contributed by atoms with Gasteiger partial charge < -0.3 is 13.9 Å². The predicted molar refractivity (Wildman–Crippen MR) is 145 cm³/mol. The largest absolute Gasteiger partial charge is 0.490 e. The molecule has 0 radical (unpaired) electrons. The summed E-state index contributed by atoms with van der Waals surface area (Å²) in [6.45, 7) is 2.19. The molecule has 0 aliphatic heterocycles. The van der Waals surface area contributed by atoms with Crippen LogP contribution in [-0.4, -0.2) is 28.5 Å². The molecule has 2 heterocycles. The smallest absolute Gasteiger partial charge is 0.336 e. The van der Waals surface area contributed by atoms with E-state index in [2.05, 4.69) is 10.1 Å². The van der Waals surface area contributed by atoms with E-state index < -0.39 is 5.97 Å². The van der Waals surface area contributed by atoms with Crippen LogP contribution in [0.4, 0.5) is 0 Å². The van der Waals surface area contributed by atoms with Crippen molar-refractivity contribution in [1.82, 2.24) is 9.66 Å². The third-order valence-electron chi connectivity index (χ3n) is 5.51. The minimum Gasteiger partial charge on any atom is -0.490 e. The van der Waals surface area contributed by atoms with Gasteiger partial charge in [0.05, 0.1) is 30.0 Å². The summed E-state index contributed by atoms with van der Waals surface area (Å²) >= 11 is 0. The lowest BCUT2D eigenvalue weighted by molar-refractivity contribution is -0.129. The molecule has 5 rings (SSSR count). The van der Waals surface area contributed by atoms with Gasteiger partial charge in [-0.2, -0.15) is 9.78 Å². The normalized spacial score (nSPS) is 11.4. The van der Waals surface area contributed by atoms with Gasteiger partial charge in [-0.1, -0.05) is 42.5 Å². The highest BCUT2D eigenvalue weighted by molar-refractivity contribution is 5.89. The summed E-state index contributed by atoms with van der Waals surface area (Å²) in [5, 5.41) is 4.85. The number of benzene rings is 3. The molecular weight excluding hydrogens is 482 g/mol. The van der Waals surface area contributed by atoms with E-state index in [-0.39, 0.29) is 17.1 Å². The molecule has 188 valence electrons. The van der Waals surface area contributed by atoms with Crippen molar-refractivity contribution in [1.29, 1.82) is 0 Å². The van der Waals surface area contributed by atoms with Gasteiger partial charge in [0, 0.05) is 6.08 Å². The maximum atomic E-state index is 13.3. The van der Waals surface area contributed by atoms with E-state index in [4.69, 9.17) is 13.9 Å². The summed E-state index contributed by atoms with van der Waals surface area (Å²) < 4.78 is 17.9. The molecule has 0 bridgehead atoms. The first-order valence-electron chi connectivity index (χ1n) is 11.9. The molecule has 8 nitrogen and oxygen atoms in total. The fraction of sp³-hybridized carbons (Fsp3) is 0.0667. The van der Waals surface area contributed by atoms with Crippen LogP contribution in [0.2, 0.25) is 0 Å². The Balaban J connectivity index is 1.44. The fourth-order valence-electron chi connectivity index (χ4n) is 3.75. The maximum Gasteiger partial charge on any atom is 0.336 e. The molecule has 8 heteroatoms. The summed E-state index contributed by atoms with van der Waals surface area (Å²) in [5.41, 5.74) is 1.72. The summed E-state index contributed by atoms with van der Waals surface area (Å²) in [5.74, 6) is 0.787. The number of rotatable bonds is 8. The van der Waals surface area contributed by atoms with E-state index in [9.17, 15) is 9.59 Å². The minimum atomic E-state index is -0.534. The Kier molecular flexibility index (Phi) is 7.22. The zero-order chi connectivity index (χ0) is 26.3. The van der Waals surface area contributed by atoms with E-state index in [1.807, 2.05) is 43.3 Å². The Morgan fingerprint density at radius 3 is 2.58 bits per heavy atom. The monoisotopic (exact) mass is 505 g/mol. The Morgan fingerprint density at radius 1 is 0.974 bits per heavy atom. The molecule has 2 aromatic heterocycles. The number of nitrogens with zero attached hydrogens (tertiary/aromatic N) is 3. The quantitative estimate of drug-likeness (QED) is 0.119. The van der Waals surface area contributed by atoms with Gasteiger partial charge in [-0.05, 0) is 66.6 Å². The molecule has 0 aliphatic carbocycles. The van der Waals surface area contributed by atoms with Crippen LogP contribution in [0.15, 0.2) is 112 Å². The van der Waals surface area contributed by atoms with Crippen LogP contribution in [0.1, 0.15) is 18.1 Å². The molecular formula is C30H23N3O5. The number of ether oxygens (including phenoxy) is 2. The van der Waals surface area contributed by atoms with Crippen LogP contribution in [0.3, 0.4) is 0 Å². The molecule has 5 aromatic rings. The number of carbonyl (C=O) groups is 1. The summed E-state index contributed by atoms with van der Waals surface area (Å²) in [4.78, 5) is 30.2. The highest BCUT2D eigenvalue weighted by Gasteiger charge is 2.15. The number of fused-ring (bicyclic) bond motifs is 1. The Bertz CT molecular complexity index is 1690. The van der Waals surface area contributed by atoms with Crippen LogP contribution < -0.4 is 15.0 Å². The second-order valence-corrected chi connectivity index (χ2v) is 8.10. The van der Waals surface area contributed by atoms with Gasteiger partial charge in [-0.25, -0.2) is 9.78 Å². The van der Waals surface area contributed by atoms with Crippen molar-refractivity contribution in [3.63, 3.8) is 0 Å². The minimum absolute atomic E-state index is 0.271. The molecule has 3 aromatic carbocycles. The van der Waals surface area contributed by atoms with Gasteiger partial charge in [0.1, 0.15) is 0 Å². The van der Waals surface area contributed by atoms with Crippen LogP contribution in [0.25, 0.3) is 28.6 Å². The number of carbonyl (C=O) groups excluding carboxylic acids is 1. The van der Waals surface area contributed by atoms with Crippen LogP contribution in [0, 0.1) is 0 Å². The third kappa shape index (κ3) is 5.44. The van der Waals surface area contributed by atoms with E-state index >= 15 is 0 Å². The van der Waals surface area contributed by atoms with Crippen molar-refractivity contribution in [2.24, 2.45) is 5.10 Å². The van der Waals surface area contributed by atoms with Gasteiger partial charge >= 0.3 is 5.97 Å². The van der Waals surface area contributed by atoms with Crippen LogP contribution >= 0.6 is 0 Å². The summed E-state index contributed by atoms with van der Waals surface area (Å²) in [7, 11) is 0. The average molecular weight is 506 g/mol. The Labute approximate surface area is 218 Å². The molecule has 0 N–H and O–H groups in total. The molecule has 0 unspecified atom stereocenters. The summed E-state index contributed by atoms with van der Waals surface area (Å²) in [6.07, 6.45) is 6.05. The first-order valence-corrected chi connectivity index (χ1v) is 11.9. The number of furan rings is 1. The van der Waals surface area contributed by atoms with E-state index in [1.165, 1.54) is 23.2 Å². The third-order valence-corrected chi connectivity index (χ3v) is 5.51. The second kappa shape index (κ2) is 11.2. The lowest BCUT2D eigenvalue weighted by atomic mass is 10.2. The molecule has 0 amide bonds. The highest BCUT2D eigenvalue weighted by Crippen LogP contribution is 2.28. The molecule has 0 saturated carbocycles. The van der Waals surface area contributed by atoms with Crippen molar-refractivity contribution in [2.75, 3.05) is 6.61 Å². The van der Waals surface area contributed by atoms with Crippen LogP contribution in [0.5, 0.6) is 11.5 Å². The van der Waals surface area contributed by atoms with Crippen LogP contribution in [-0.2, 0) is 4.79 Å². The molecule has 0 aliphatic rings. The Hall–Kier alpha value is -5.24. The number of hydrogen-bond acceptors (Lipinski definition) is 7. The van der Waals surface area contributed by atoms with E-state index in [0.717, 1.165) is 5.56 Å². The lowest BCUT2D eigenvalue weighted by Crippen LogP contribution is -2.20. The second-order valence-electron chi connectivity index (χ2n) is 8.10. The Morgan fingerprint density at radius 2 is 1.79 bits per heavy atom. The van der Waals surface area contributed by atoms with Crippen molar-refractivity contribution in [2.45, 2.75) is 6.92 Å². The first kappa shape index (κ1) is 24.5. The molecule has 0 fully saturated rings. The molecule has 0 spiro atoms. The number of hydrogen-bond donors (Lipinski definition) is 0. The first-order chi connectivity index (χ1) is 18.6.